The maximum Gasteiger partial charge on any atom is 0.254 e. The van der Waals surface area contributed by atoms with E-state index in [0.29, 0.717) is 37.7 Å². The van der Waals surface area contributed by atoms with Gasteiger partial charge in [0.15, 0.2) is 0 Å². The van der Waals surface area contributed by atoms with Crippen molar-refractivity contribution in [1.29, 1.82) is 0 Å². The van der Waals surface area contributed by atoms with Gasteiger partial charge in [-0.1, -0.05) is 0 Å². The summed E-state index contributed by atoms with van der Waals surface area (Å²) in [6.07, 6.45) is 1.63. The van der Waals surface area contributed by atoms with Crippen LogP contribution < -0.4 is 5.32 Å². The van der Waals surface area contributed by atoms with E-state index >= 15 is 0 Å². The molecule has 0 saturated heterocycles. The number of likely N-dealkylation sites (N-methyl/N-ethyl adjacent to an activating group) is 1. The van der Waals surface area contributed by atoms with E-state index in [2.05, 4.69) is 10.3 Å². The van der Waals surface area contributed by atoms with E-state index in [-0.39, 0.29) is 5.91 Å². The van der Waals surface area contributed by atoms with Crippen LogP contribution >= 0.6 is 0 Å². The van der Waals surface area contributed by atoms with Crippen LogP contribution in [0.15, 0.2) is 18.3 Å². The van der Waals surface area contributed by atoms with Crippen LogP contribution in [0.5, 0.6) is 0 Å². The van der Waals surface area contributed by atoms with Crippen molar-refractivity contribution in [2.45, 2.75) is 13.8 Å². The molecule has 1 heterocycles. The molecule has 5 heteroatoms. The quantitative estimate of drug-likeness (QED) is 0.748. The highest BCUT2D eigenvalue weighted by molar-refractivity contribution is 5.94. The third kappa shape index (κ3) is 4.00. The van der Waals surface area contributed by atoms with Crippen LogP contribution in [0.4, 0.5) is 5.82 Å². The first-order chi connectivity index (χ1) is 8.72. The number of pyridine rings is 1. The summed E-state index contributed by atoms with van der Waals surface area (Å²) in [6, 6.07) is 3.48. The van der Waals surface area contributed by atoms with E-state index in [0.717, 1.165) is 0 Å². The summed E-state index contributed by atoms with van der Waals surface area (Å²) in [5.41, 5.74) is 0.646. The molecule has 1 rings (SSSR count). The van der Waals surface area contributed by atoms with Gasteiger partial charge in [-0.2, -0.15) is 0 Å². The molecule has 0 saturated carbocycles. The number of nitrogens with zero attached hydrogens (tertiary/aromatic N) is 2. The van der Waals surface area contributed by atoms with Gasteiger partial charge < -0.3 is 15.0 Å². The molecule has 0 aliphatic heterocycles. The van der Waals surface area contributed by atoms with E-state index in [1.165, 1.54) is 0 Å². The molecule has 0 aliphatic rings. The van der Waals surface area contributed by atoms with E-state index in [4.69, 9.17) is 4.74 Å². The van der Waals surface area contributed by atoms with Gasteiger partial charge in [0.05, 0.1) is 6.61 Å². The molecule has 0 bridgehead atoms. The van der Waals surface area contributed by atoms with Crippen LogP contribution in [-0.2, 0) is 4.74 Å². The van der Waals surface area contributed by atoms with Crippen LogP contribution in [-0.4, -0.2) is 49.1 Å². The molecule has 100 valence electrons. The third-order valence-corrected chi connectivity index (χ3v) is 2.64. The van der Waals surface area contributed by atoms with E-state index < -0.39 is 0 Å². The molecule has 0 unspecified atom stereocenters. The first kappa shape index (κ1) is 14.4. The van der Waals surface area contributed by atoms with Gasteiger partial charge in [-0.25, -0.2) is 4.98 Å². The zero-order valence-electron chi connectivity index (χ0n) is 11.3. The number of ether oxygens (including phenoxy) is 1. The number of hydrogen-bond donors (Lipinski definition) is 1. The van der Waals surface area contributed by atoms with Crippen molar-refractivity contribution in [3.05, 3.63) is 23.9 Å². The highest BCUT2D eigenvalue weighted by atomic mass is 16.5. The minimum atomic E-state index is 0.0103. The lowest BCUT2D eigenvalue weighted by Crippen LogP contribution is -2.33. The van der Waals surface area contributed by atoms with Crippen LogP contribution in [0.3, 0.4) is 0 Å². The van der Waals surface area contributed by atoms with E-state index in [1.54, 1.807) is 30.3 Å². The molecule has 1 amide bonds. The highest BCUT2D eigenvalue weighted by Crippen LogP contribution is 2.09. The van der Waals surface area contributed by atoms with Crippen LogP contribution in [0.2, 0.25) is 0 Å². The maximum atomic E-state index is 12.3. The highest BCUT2D eigenvalue weighted by Gasteiger charge is 2.14. The Hall–Kier alpha value is -1.62. The van der Waals surface area contributed by atoms with Crippen LogP contribution in [0, 0.1) is 0 Å². The fraction of sp³-hybridized carbons (Fsp3) is 0.538. The molecule has 1 aromatic heterocycles. The Labute approximate surface area is 108 Å². The summed E-state index contributed by atoms with van der Waals surface area (Å²) in [5.74, 6) is 0.706. The molecule has 0 atom stereocenters. The molecule has 0 aromatic carbocycles. The minimum absolute atomic E-state index is 0.0103. The average molecular weight is 251 g/mol. The molecule has 1 N–H and O–H groups in total. The number of carbonyl (C=O) groups is 1. The molecule has 0 aliphatic carbocycles. The van der Waals surface area contributed by atoms with Gasteiger partial charge in [0.1, 0.15) is 5.82 Å². The predicted molar refractivity (Wildman–Crippen MR) is 71.9 cm³/mol. The number of anilines is 1. The summed E-state index contributed by atoms with van der Waals surface area (Å²) in [5, 5.41) is 2.92. The maximum absolute atomic E-state index is 12.3. The molecule has 5 nitrogen and oxygen atoms in total. The second kappa shape index (κ2) is 7.66. The number of amides is 1. The normalized spacial score (nSPS) is 10.2. The Morgan fingerprint density at radius 3 is 2.89 bits per heavy atom. The lowest BCUT2D eigenvalue weighted by Gasteiger charge is -2.20. The van der Waals surface area contributed by atoms with Gasteiger partial charge >= 0.3 is 0 Å². The molecule has 18 heavy (non-hydrogen) atoms. The predicted octanol–water partition coefficient (Wildman–Crippen LogP) is 1.62. The molecule has 0 radical (unpaired) electrons. The van der Waals surface area contributed by atoms with Crippen molar-refractivity contribution in [3.8, 4) is 0 Å². The fourth-order valence-corrected chi connectivity index (χ4v) is 1.61. The number of nitrogens with one attached hydrogen (secondary N) is 1. The second-order valence-electron chi connectivity index (χ2n) is 3.76. The Kier molecular flexibility index (Phi) is 6.14. The number of hydrogen-bond acceptors (Lipinski definition) is 4. The summed E-state index contributed by atoms with van der Waals surface area (Å²) < 4.78 is 5.28. The zero-order chi connectivity index (χ0) is 13.4. The summed E-state index contributed by atoms with van der Waals surface area (Å²) in [6.45, 7) is 6.43. The van der Waals surface area contributed by atoms with Crippen LogP contribution in [0.1, 0.15) is 24.2 Å². The molecule has 0 spiro atoms. The van der Waals surface area contributed by atoms with Crippen LogP contribution in [0.25, 0.3) is 0 Å². The number of rotatable bonds is 7. The summed E-state index contributed by atoms with van der Waals surface area (Å²) in [4.78, 5) is 18.1. The lowest BCUT2D eigenvalue weighted by atomic mass is 10.2. The van der Waals surface area contributed by atoms with Crippen molar-refractivity contribution >= 4 is 11.7 Å². The van der Waals surface area contributed by atoms with E-state index in [1.807, 2.05) is 13.8 Å². The monoisotopic (exact) mass is 251 g/mol. The van der Waals surface area contributed by atoms with Gasteiger partial charge in [0.2, 0.25) is 0 Å². The van der Waals surface area contributed by atoms with Crippen molar-refractivity contribution in [2.24, 2.45) is 0 Å². The lowest BCUT2D eigenvalue weighted by molar-refractivity contribution is 0.0669. The Bertz CT molecular complexity index is 382. The standard InChI is InChI=1S/C13H21N3O2/c1-4-16(8-9-18-5-2)13(17)11-6-7-15-12(10-11)14-3/h6-7,10H,4-5,8-9H2,1-3H3,(H,14,15). The largest absolute Gasteiger partial charge is 0.380 e. The summed E-state index contributed by atoms with van der Waals surface area (Å²) >= 11 is 0. The SMILES string of the molecule is CCOCCN(CC)C(=O)c1ccnc(NC)c1. The van der Waals surface area contributed by atoms with Gasteiger partial charge in [0.25, 0.3) is 5.91 Å². The first-order valence-electron chi connectivity index (χ1n) is 6.23. The van der Waals surface area contributed by atoms with Gasteiger partial charge in [-0.15, -0.1) is 0 Å². The van der Waals surface area contributed by atoms with E-state index in [9.17, 15) is 4.79 Å². The minimum Gasteiger partial charge on any atom is -0.380 e. The third-order valence-electron chi connectivity index (χ3n) is 2.64. The van der Waals surface area contributed by atoms with Crippen molar-refractivity contribution in [3.63, 3.8) is 0 Å². The molecular weight excluding hydrogens is 230 g/mol. The smallest absolute Gasteiger partial charge is 0.254 e. The Morgan fingerprint density at radius 1 is 1.50 bits per heavy atom. The summed E-state index contributed by atoms with van der Waals surface area (Å²) in [7, 11) is 1.78. The van der Waals surface area contributed by atoms with Crippen molar-refractivity contribution in [1.82, 2.24) is 9.88 Å². The number of carbonyl (C=O) groups excluding carboxylic acids is 1. The van der Waals surface area contributed by atoms with Crippen molar-refractivity contribution < 1.29 is 9.53 Å². The molecule has 0 fully saturated rings. The first-order valence-corrected chi connectivity index (χ1v) is 6.23. The molecule has 1 aromatic rings. The van der Waals surface area contributed by atoms with Gasteiger partial charge in [-0.05, 0) is 26.0 Å². The van der Waals surface area contributed by atoms with Crippen molar-refractivity contribution in [2.75, 3.05) is 38.7 Å². The zero-order valence-corrected chi connectivity index (χ0v) is 11.3. The topological polar surface area (TPSA) is 54.5 Å². The number of aromatic nitrogens is 1. The second-order valence-corrected chi connectivity index (χ2v) is 3.76. The fourth-order valence-electron chi connectivity index (χ4n) is 1.61. The average Bonchev–Trinajstić information content (AvgIpc) is 2.43. The Morgan fingerprint density at radius 2 is 2.28 bits per heavy atom. The molecular formula is C13H21N3O2. The Balaban J connectivity index is 2.69. The van der Waals surface area contributed by atoms with Gasteiger partial charge in [-0.3, -0.25) is 4.79 Å². The van der Waals surface area contributed by atoms with Gasteiger partial charge in [0, 0.05) is 38.5 Å².